The van der Waals surface area contributed by atoms with Gasteiger partial charge in [0.2, 0.25) is 5.13 Å². The highest BCUT2D eigenvalue weighted by molar-refractivity contribution is 7.15. The molecule has 1 aliphatic rings. The standard InChI is InChI=1S/C10H18N4O2S/c1-8-12-13-10(17-8)11-6-9(15)7-14-2-4-16-5-3-14/h9,15H,2-7H2,1H3,(H,11,13). The summed E-state index contributed by atoms with van der Waals surface area (Å²) in [6, 6.07) is 0. The lowest BCUT2D eigenvalue weighted by molar-refractivity contribution is 0.0171. The number of nitrogens with zero attached hydrogens (tertiary/aromatic N) is 3. The molecule has 2 rings (SSSR count). The van der Waals surface area contributed by atoms with Gasteiger partial charge in [0.1, 0.15) is 5.01 Å². The first kappa shape index (κ1) is 12.7. The fourth-order valence-electron chi connectivity index (χ4n) is 1.72. The smallest absolute Gasteiger partial charge is 0.205 e. The SMILES string of the molecule is Cc1nnc(NCC(O)CN2CCOCC2)s1. The maximum absolute atomic E-state index is 9.88. The number of nitrogens with one attached hydrogen (secondary N) is 1. The number of morpholine rings is 1. The molecule has 2 N–H and O–H groups in total. The van der Waals surface area contributed by atoms with Crippen LogP contribution in [-0.4, -0.2) is 65.7 Å². The molecule has 1 aromatic rings. The summed E-state index contributed by atoms with van der Waals surface area (Å²) < 4.78 is 5.26. The van der Waals surface area contributed by atoms with E-state index in [4.69, 9.17) is 4.74 Å². The van der Waals surface area contributed by atoms with Crippen molar-refractivity contribution < 1.29 is 9.84 Å². The molecule has 96 valence electrons. The number of hydrogen-bond acceptors (Lipinski definition) is 7. The van der Waals surface area contributed by atoms with E-state index in [2.05, 4.69) is 20.4 Å². The van der Waals surface area contributed by atoms with Gasteiger partial charge in [-0.2, -0.15) is 0 Å². The third kappa shape index (κ3) is 4.19. The van der Waals surface area contributed by atoms with Crippen LogP contribution in [0.1, 0.15) is 5.01 Å². The molecule has 0 amide bonds. The number of aromatic nitrogens is 2. The molecule has 0 aliphatic carbocycles. The van der Waals surface area contributed by atoms with Crippen LogP contribution in [0.4, 0.5) is 5.13 Å². The van der Waals surface area contributed by atoms with Crippen LogP contribution in [0.3, 0.4) is 0 Å². The highest BCUT2D eigenvalue weighted by Crippen LogP contribution is 2.13. The summed E-state index contributed by atoms with van der Waals surface area (Å²) in [5.41, 5.74) is 0. The van der Waals surface area contributed by atoms with Crippen molar-refractivity contribution in [3.63, 3.8) is 0 Å². The number of anilines is 1. The second kappa shape index (κ2) is 6.25. The van der Waals surface area contributed by atoms with E-state index in [0.717, 1.165) is 36.4 Å². The van der Waals surface area contributed by atoms with Gasteiger partial charge < -0.3 is 15.2 Å². The van der Waals surface area contributed by atoms with Crippen LogP contribution in [0.2, 0.25) is 0 Å². The zero-order chi connectivity index (χ0) is 12.1. The Bertz CT molecular complexity index is 341. The molecule has 0 spiro atoms. The Labute approximate surface area is 105 Å². The predicted octanol–water partition coefficient (Wildman–Crippen LogP) is -0.0485. The van der Waals surface area contributed by atoms with Gasteiger partial charge in [0.05, 0.1) is 19.3 Å². The molecule has 17 heavy (non-hydrogen) atoms. The minimum atomic E-state index is -0.391. The molecule has 1 fully saturated rings. The van der Waals surface area contributed by atoms with Crippen LogP contribution in [0, 0.1) is 6.92 Å². The second-order valence-corrected chi connectivity index (χ2v) is 5.26. The highest BCUT2D eigenvalue weighted by atomic mass is 32.1. The second-order valence-electron chi connectivity index (χ2n) is 4.07. The van der Waals surface area contributed by atoms with E-state index in [1.807, 2.05) is 6.92 Å². The first-order chi connectivity index (χ1) is 8.24. The molecular weight excluding hydrogens is 240 g/mol. The zero-order valence-corrected chi connectivity index (χ0v) is 10.7. The molecule has 1 saturated heterocycles. The normalized spacial score (nSPS) is 19.2. The zero-order valence-electron chi connectivity index (χ0n) is 9.93. The lowest BCUT2D eigenvalue weighted by Gasteiger charge is -2.28. The molecule has 0 radical (unpaired) electrons. The van der Waals surface area contributed by atoms with Gasteiger partial charge in [-0.1, -0.05) is 11.3 Å². The van der Waals surface area contributed by atoms with Crippen molar-refractivity contribution in [2.45, 2.75) is 13.0 Å². The van der Waals surface area contributed by atoms with Crippen molar-refractivity contribution in [2.24, 2.45) is 0 Å². The fraction of sp³-hybridized carbons (Fsp3) is 0.800. The van der Waals surface area contributed by atoms with Gasteiger partial charge in [-0.15, -0.1) is 10.2 Å². The maximum atomic E-state index is 9.88. The number of aryl methyl sites for hydroxylation is 1. The van der Waals surface area contributed by atoms with E-state index >= 15 is 0 Å². The summed E-state index contributed by atoms with van der Waals surface area (Å²) in [5, 5.41) is 22.5. The fourth-order valence-corrected chi connectivity index (χ4v) is 2.32. The number of aliphatic hydroxyl groups excluding tert-OH is 1. The average molecular weight is 258 g/mol. The average Bonchev–Trinajstić information content (AvgIpc) is 2.74. The van der Waals surface area contributed by atoms with Crippen molar-refractivity contribution in [3.05, 3.63) is 5.01 Å². The Hall–Kier alpha value is -0.760. The topological polar surface area (TPSA) is 70.5 Å². The minimum absolute atomic E-state index is 0.391. The van der Waals surface area contributed by atoms with Crippen LogP contribution in [0.15, 0.2) is 0 Å². The molecule has 1 aromatic heterocycles. The predicted molar refractivity (Wildman–Crippen MR) is 66.4 cm³/mol. The first-order valence-corrected chi connectivity index (χ1v) is 6.58. The van der Waals surface area contributed by atoms with Gasteiger partial charge in [0.25, 0.3) is 0 Å². The van der Waals surface area contributed by atoms with Gasteiger partial charge in [-0.05, 0) is 6.92 Å². The summed E-state index contributed by atoms with van der Waals surface area (Å²) in [5.74, 6) is 0. The summed E-state index contributed by atoms with van der Waals surface area (Å²) in [6.45, 7) is 6.41. The van der Waals surface area contributed by atoms with Crippen LogP contribution >= 0.6 is 11.3 Å². The molecule has 1 aliphatic heterocycles. The summed E-state index contributed by atoms with van der Waals surface area (Å²) >= 11 is 1.50. The Morgan fingerprint density at radius 2 is 2.24 bits per heavy atom. The minimum Gasteiger partial charge on any atom is -0.390 e. The monoisotopic (exact) mass is 258 g/mol. The van der Waals surface area contributed by atoms with Crippen molar-refractivity contribution in [1.82, 2.24) is 15.1 Å². The molecule has 7 heteroatoms. The molecule has 1 unspecified atom stereocenters. The van der Waals surface area contributed by atoms with Crippen molar-refractivity contribution in [3.8, 4) is 0 Å². The van der Waals surface area contributed by atoms with E-state index in [1.165, 1.54) is 11.3 Å². The lowest BCUT2D eigenvalue weighted by Crippen LogP contribution is -2.42. The molecule has 1 atom stereocenters. The van der Waals surface area contributed by atoms with Gasteiger partial charge in [0, 0.05) is 26.2 Å². The van der Waals surface area contributed by atoms with E-state index in [0.29, 0.717) is 13.1 Å². The molecule has 2 heterocycles. The number of β-amino-alcohol motifs (C(OH)–C–C–N with tert-alkyl or cyclic N) is 1. The first-order valence-electron chi connectivity index (χ1n) is 5.76. The van der Waals surface area contributed by atoms with Gasteiger partial charge in [-0.3, -0.25) is 4.90 Å². The molecular formula is C10H18N4O2S. The molecule has 0 aromatic carbocycles. The Balaban J connectivity index is 1.68. The largest absolute Gasteiger partial charge is 0.390 e. The number of ether oxygens (including phenoxy) is 1. The maximum Gasteiger partial charge on any atom is 0.205 e. The van der Waals surface area contributed by atoms with Crippen molar-refractivity contribution in [2.75, 3.05) is 44.7 Å². The van der Waals surface area contributed by atoms with Crippen LogP contribution < -0.4 is 5.32 Å². The van der Waals surface area contributed by atoms with Gasteiger partial charge >= 0.3 is 0 Å². The molecule has 0 bridgehead atoms. The molecule has 0 saturated carbocycles. The third-order valence-corrected chi connectivity index (χ3v) is 3.38. The van der Waals surface area contributed by atoms with E-state index in [-0.39, 0.29) is 0 Å². The van der Waals surface area contributed by atoms with Crippen LogP contribution in [-0.2, 0) is 4.74 Å². The van der Waals surface area contributed by atoms with E-state index in [1.54, 1.807) is 0 Å². The van der Waals surface area contributed by atoms with Gasteiger partial charge in [0.15, 0.2) is 0 Å². The van der Waals surface area contributed by atoms with E-state index < -0.39 is 6.10 Å². The van der Waals surface area contributed by atoms with Crippen molar-refractivity contribution >= 4 is 16.5 Å². The highest BCUT2D eigenvalue weighted by Gasteiger charge is 2.14. The Morgan fingerprint density at radius 3 is 2.88 bits per heavy atom. The Morgan fingerprint density at radius 1 is 1.47 bits per heavy atom. The number of rotatable bonds is 5. The van der Waals surface area contributed by atoms with Crippen LogP contribution in [0.25, 0.3) is 0 Å². The lowest BCUT2D eigenvalue weighted by atomic mass is 10.3. The summed E-state index contributed by atoms with van der Waals surface area (Å²) in [7, 11) is 0. The summed E-state index contributed by atoms with van der Waals surface area (Å²) in [6.07, 6.45) is -0.391. The number of hydrogen-bond donors (Lipinski definition) is 2. The third-order valence-electron chi connectivity index (χ3n) is 2.59. The van der Waals surface area contributed by atoms with E-state index in [9.17, 15) is 5.11 Å². The number of aliphatic hydroxyl groups is 1. The quantitative estimate of drug-likeness (QED) is 0.772. The van der Waals surface area contributed by atoms with Crippen LogP contribution in [0.5, 0.6) is 0 Å². The van der Waals surface area contributed by atoms with Crippen molar-refractivity contribution in [1.29, 1.82) is 0 Å². The summed E-state index contributed by atoms with van der Waals surface area (Å²) in [4.78, 5) is 2.21. The Kier molecular flexibility index (Phi) is 4.66. The molecule has 6 nitrogen and oxygen atoms in total. The van der Waals surface area contributed by atoms with Gasteiger partial charge in [-0.25, -0.2) is 0 Å².